The van der Waals surface area contributed by atoms with Crippen molar-refractivity contribution in [1.82, 2.24) is 9.88 Å². The Labute approximate surface area is 121 Å². The number of hydrogen-bond donors (Lipinski definition) is 1. The zero-order valence-corrected chi connectivity index (χ0v) is 12.3. The van der Waals surface area contributed by atoms with Gasteiger partial charge in [0.1, 0.15) is 5.69 Å². The monoisotopic (exact) mass is 289 g/mol. The first-order chi connectivity index (χ1) is 9.49. The molecule has 20 heavy (non-hydrogen) atoms. The van der Waals surface area contributed by atoms with E-state index in [-0.39, 0.29) is 11.8 Å². The van der Waals surface area contributed by atoms with Gasteiger partial charge in [-0.1, -0.05) is 6.07 Å². The summed E-state index contributed by atoms with van der Waals surface area (Å²) in [6.45, 7) is 1.86. The van der Waals surface area contributed by atoms with Crippen molar-refractivity contribution in [1.29, 1.82) is 0 Å². The highest BCUT2D eigenvalue weighted by atomic mass is 32.1. The molecule has 0 fully saturated rings. The fourth-order valence-corrected chi connectivity index (χ4v) is 2.22. The van der Waals surface area contributed by atoms with Crippen LogP contribution in [0.4, 0.5) is 5.69 Å². The highest BCUT2D eigenvalue weighted by Crippen LogP contribution is 2.17. The summed E-state index contributed by atoms with van der Waals surface area (Å²) in [6, 6.07) is 5.27. The summed E-state index contributed by atoms with van der Waals surface area (Å²) >= 11 is 1.36. The van der Waals surface area contributed by atoms with Crippen molar-refractivity contribution in [3.63, 3.8) is 0 Å². The van der Waals surface area contributed by atoms with Gasteiger partial charge >= 0.3 is 0 Å². The largest absolute Gasteiger partial charge is 0.345 e. The molecular formula is C14H15N3O2S. The summed E-state index contributed by atoms with van der Waals surface area (Å²) in [7, 11) is 3.39. The van der Waals surface area contributed by atoms with Crippen molar-refractivity contribution in [3.05, 3.63) is 45.9 Å². The molecule has 1 aromatic carbocycles. The molecular weight excluding hydrogens is 274 g/mol. The van der Waals surface area contributed by atoms with Crippen LogP contribution >= 0.6 is 11.3 Å². The van der Waals surface area contributed by atoms with Crippen molar-refractivity contribution in [2.24, 2.45) is 0 Å². The Bertz CT molecular complexity index is 636. The molecule has 0 aliphatic rings. The van der Waals surface area contributed by atoms with Gasteiger partial charge in [0.2, 0.25) is 0 Å². The Morgan fingerprint density at radius 2 is 2.05 bits per heavy atom. The van der Waals surface area contributed by atoms with Crippen LogP contribution in [0.3, 0.4) is 0 Å². The molecule has 0 radical (unpaired) electrons. The molecule has 0 saturated heterocycles. The molecule has 1 heterocycles. The SMILES string of the molecule is Cc1ccc(NC(=O)c2cscn2)cc1C(=O)N(C)C. The van der Waals surface area contributed by atoms with E-state index in [0.29, 0.717) is 16.9 Å². The average Bonchev–Trinajstić information content (AvgIpc) is 2.94. The number of hydrogen-bond acceptors (Lipinski definition) is 4. The van der Waals surface area contributed by atoms with E-state index in [9.17, 15) is 9.59 Å². The van der Waals surface area contributed by atoms with E-state index in [1.54, 1.807) is 37.1 Å². The quantitative estimate of drug-likeness (QED) is 0.943. The number of carbonyl (C=O) groups is 2. The number of nitrogens with zero attached hydrogens (tertiary/aromatic N) is 2. The van der Waals surface area contributed by atoms with Gasteiger partial charge in [-0.15, -0.1) is 11.3 Å². The van der Waals surface area contributed by atoms with Gasteiger partial charge in [0.05, 0.1) is 5.51 Å². The summed E-state index contributed by atoms with van der Waals surface area (Å²) in [5, 5.41) is 4.42. The van der Waals surface area contributed by atoms with Crippen LogP contribution in [0.1, 0.15) is 26.4 Å². The summed E-state index contributed by atoms with van der Waals surface area (Å²) in [4.78, 5) is 29.4. The van der Waals surface area contributed by atoms with Gasteiger partial charge in [-0.3, -0.25) is 9.59 Å². The van der Waals surface area contributed by atoms with Crippen molar-refractivity contribution in [3.8, 4) is 0 Å². The van der Waals surface area contributed by atoms with Crippen molar-refractivity contribution < 1.29 is 9.59 Å². The van der Waals surface area contributed by atoms with Crippen molar-refractivity contribution in [2.45, 2.75) is 6.92 Å². The van der Waals surface area contributed by atoms with E-state index in [1.807, 2.05) is 13.0 Å². The number of aryl methyl sites for hydroxylation is 1. The number of rotatable bonds is 3. The van der Waals surface area contributed by atoms with Gasteiger partial charge in [0.15, 0.2) is 0 Å². The first-order valence-electron chi connectivity index (χ1n) is 6.01. The second kappa shape index (κ2) is 5.83. The predicted octanol–water partition coefficient (Wildman–Crippen LogP) is 2.41. The molecule has 0 unspecified atom stereocenters. The fourth-order valence-electron chi connectivity index (χ4n) is 1.69. The minimum Gasteiger partial charge on any atom is -0.345 e. The average molecular weight is 289 g/mol. The molecule has 2 rings (SSSR count). The molecule has 6 heteroatoms. The highest BCUT2D eigenvalue weighted by molar-refractivity contribution is 7.07. The Morgan fingerprint density at radius 3 is 2.65 bits per heavy atom. The van der Waals surface area contributed by atoms with Gasteiger partial charge in [0, 0.05) is 30.7 Å². The highest BCUT2D eigenvalue weighted by Gasteiger charge is 2.13. The minimum absolute atomic E-state index is 0.0905. The molecule has 5 nitrogen and oxygen atoms in total. The maximum absolute atomic E-state index is 12.0. The van der Waals surface area contributed by atoms with E-state index in [2.05, 4.69) is 10.3 Å². The van der Waals surface area contributed by atoms with Crippen LogP contribution in [0, 0.1) is 6.92 Å². The second-order valence-corrected chi connectivity index (χ2v) is 5.28. The van der Waals surface area contributed by atoms with E-state index in [1.165, 1.54) is 16.2 Å². The standard InChI is InChI=1S/C14H15N3O2S/c1-9-4-5-10(6-11(9)14(19)17(2)3)16-13(18)12-7-20-8-15-12/h4-8H,1-3H3,(H,16,18). The van der Waals surface area contributed by atoms with Gasteiger partial charge in [-0.2, -0.15) is 0 Å². The topological polar surface area (TPSA) is 62.3 Å². The number of carbonyl (C=O) groups excluding carboxylic acids is 2. The lowest BCUT2D eigenvalue weighted by Crippen LogP contribution is -2.23. The first-order valence-corrected chi connectivity index (χ1v) is 6.95. The third kappa shape index (κ3) is 3.03. The molecule has 2 aromatic rings. The lowest BCUT2D eigenvalue weighted by molar-refractivity contribution is 0.0826. The lowest BCUT2D eigenvalue weighted by atomic mass is 10.1. The van der Waals surface area contributed by atoms with Gasteiger partial charge < -0.3 is 10.2 Å². The predicted molar refractivity (Wildman–Crippen MR) is 79.3 cm³/mol. The Kier molecular flexibility index (Phi) is 4.14. The fraction of sp³-hybridized carbons (Fsp3) is 0.214. The normalized spacial score (nSPS) is 10.2. The van der Waals surface area contributed by atoms with Gasteiger partial charge in [-0.05, 0) is 24.6 Å². The Balaban J connectivity index is 2.24. The number of aromatic nitrogens is 1. The summed E-state index contributed by atoms with van der Waals surface area (Å²) in [6.07, 6.45) is 0. The Hall–Kier alpha value is -2.21. The van der Waals surface area contributed by atoms with Gasteiger partial charge in [-0.25, -0.2) is 4.98 Å². The van der Waals surface area contributed by atoms with Crippen LogP contribution in [-0.4, -0.2) is 35.8 Å². The number of nitrogens with one attached hydrogen (secondary N) is 1. The van der Waals surface area contributed by atoms with Crippen LogP contribution in [0.25, 0.3) is 0 Å². The molecule has 1 N–H and O–H groups in total. The Morgan fingerprint density at radius 1 is 1.30 bits per heavy atom. The van der Waals surface area contributed by atoms with Crippen molar-refractivity contribution >= 4 is 28.8 Å². The third-order valence-corrected chi connectivity index (χ3v) is 3.38. The molecule has 0 aliphatic heterocycles. The van der Waals surface area contributed by atoms with Crippen LogP contribution in [-0.2, 0) is 0 Å². The van der Waals surface area contributed by atoms with Crippen LogP contribution < -0.4 is 5.32 Å². The van der Waals surface area contributed by atoms with Crippen LogP contribution in [0.2, 0.25) is 0 Å². The molecule has 0 bridgehead atoms. The summed E-state index contributed by atoms with van der Waals surface area (Å²) in [5.41, 5.74) is 4.00. The van der Waals surface area contributed by atoms with E-state index in [0.717, 1.165) is 5.56 Å². The molecule has 104 valence electrons. The number of amides is 2. The second-order valence-electron chi connectivity index (χ2n) is 4.56. The zero-order valence-electron chi connectivity index (χ0n) is 11.5. The summed E-state index contributed by atoms with van der Waals surface area (Å²) in [5.74, 6) is -0.370. The maximum atomic E-state index is 12.0. The zero-order chi connectivity index (χ0) is 14.7. The third-order valence-electron chi connectivity index (χ3n) is 2.80. The summed E-state index contributed by atoms with van der Waals surface area (Å²) < 4.78 is 0. The first kappa shape index (κ1) is 14.2. The van der Waals surface area contributed by atoms with E-state index in [4.69, 9.17) is 0 Å². The lowest BCUT2D eigenvalue weighted by Gasteiger charge is -2.14. The van der Waals surface area contributed by atoms with E-state index < -0.39 is 0 Å². The van der Waals surface area contributed by atoms with Crippen LogP contribution in [0.15, 0.2) is 29.1 Å². The van der Waals surface area contributed by atoms with Crippen LogP contribution in [0.5, 0.6) is 0 Å². The van der Waals surface area contributed by atoms with E-state index >= 15 is 0 Å². The van der Waals surface area contributed by atoms with Gasteiger partial charge in [0.25, 0.3) is 11.8 Å². The molecule has 1 aromatic heterocycles. The molecule has 2 amide bonds. The molecule has 0 aliphatic carbocycles. The molecule has 0 spiro atoms. The molecule has 0 atom stereocenters. The van der Waals surface area contributed by atoms with Crippen molar-refractivity contribution in [2.75, 3.05) is 19.4 Å². The minimum atomic E-state index is -0.279. The number of thiazole rings is 1. The smallest absolute Gasteiger partial charge is 0.275 e. The maximum Gasteiger partial charge on any atom is 0.275 e. The molecule has 0 saturated carbocycles. The number of benzene rings is 1. The number of anilines is 1.